The van der Waals surface area contributed by atoms with Crippen LogP contribution in [-0.4, -0.2) is 23.3 Å². The molecule has 0 saturated heterocycles. The Bertz CT molecular complexity index is 1040. The molecule has 0 atom stereocenters. The Morgan fingerprint density at radius 3 is 2.50 bits per heavy atom. The largest absolute Gasteiger partial charge is 0.312 e. The highest BCUT2D eigenvalue weighted by Gasteiger charge is 2.29. The number of halogens is 1. The first kappa shape index (κ1) is 16.3. The van der Waals surface area contributed by atoms with Gasteiger partial charge in [-0.25, -0.2) is 13.4 Å². The van der Waals surface area contributed by atoms with Gasteiger partial charge in [-0.2, -0.15) is 0 Å². The molecule has 24 heavy (non-hydrogen) atoms. The van der Waals surface area contributed by atoms with Crippen molar-refractivity contribution in [3.63, 3.8) is 0 Å². The summed E-state index contributed by atoms with van der Waals surface area (Å²) in [4.78, 5) is 18.7. The van der Waals surface area contributed by atoms with E-state index in [-0.39, 0.29) is 21.1 Å². The van der Waals surface area contributed by atoms with E-state index in [9.17, 15) is 18.5 Å². The maximum absolute atomic E-state index is 12.6. The van der Waals surface area contributed by atoms with E-state index in [1.165, 1.54) is 18.3 Å². The minimum Gasteiger partial charge on any atom is -0.258 e. The molecule has 7 nitrogen and oxygen atoms in total. The van der Waals surface area contributed by atoms with Crippen LogP contribution in [0.3, 0.4) is 0 Å². The Morgan fingerprint density at radius 2 is 1.83 bits per heavy atom. The number of aromatic nitrogens is 2. The Labute approximate surface area is 142 Å². The van der Waals surface area contributed by atoms with Crippen LogP contribution in [-0.2, 0) is 15.6 Å². The van der Waals surface area contributed by atoms with Crippen LogP contribution in [0.15, 0.2) is 53.6 Å². The summed E-state index contributed by atoms with van der Waals surface area (Å²) in [5.74, 6) is -0.594. The molecule has 0 radical (unpaired) electrons. The minimum absolute atomic E-state index is 0.0660. The molecule has 2 aromatic heterocycles. The number of hydrogen-bond donors (Lipinski definition) is 0. The molecule has 0 unspecified atom stereocenters. The zero-order valence-electron chi connectivity index (χ0n) is 12.1. The second-order valence-electron chi connectivity index (χ2n) is 4.93. The van der Waals surface area contributed by atoms with Crippen LogP contribution < -0.4 is 0 Å². The lowest BCUT2D eigenvalue weighted by Crippen LogP contribution is -2.09. The predicted octanol–water partition coefficient (Wildman–Crippen LogP) is 3.17. The van der Waals surface area contributed by atoms with E-state index < -0.39 is 26.2 Å². The van der Waals surface area contributed by atoms with Gasteiger partial charge in [0.2, 0.25) is 5.15 Å². The molecule has 2 heterocycles. The van der Waals surface area contributed by atoms with Crippen LogP contribution in [0.2, 0.25) is 5.15 Å². The second-order valence-corrected chi connectivity index (χ2v) is 7.28. The normalized spacial score (nSPS) is 11.5. The molecule has 3 aromatic rings. The van der Waals surface area contributed by atoms with Gasteiger partial charge in [-0.05, 0) is 24.3 Å². The number of nitro groups is 1. The zero-order valence-corrected chi connectivity index (χ0v) is 13.7. The van der Waals surface area contributed by atoms with Gasteiger partial charge >= 0.3 is 5.69 Å². The number of sulfone groups is 1. The molecule has 0 aliphatic rings. The highest BCUT2D eigenvalue weighted by Crippen LogP contribution is 2.34. The van der Waals surface area contributed by atoms with Gasteiger partial charge in [0.1, 0.15) is 0 Å². The summed E-state index contributed by atoms with van der Waals surface area (Å²) in [5, 5.41) is 11.0. The third-order valence-electron chi connectivity index (χ3n) is 3.39. The van der Waals surface area contributed by atoms with Crippen molar-refractivity contribution in [3.8, 4) is 0 Å². The average Bonchev–Trinajstić information content (AvgIpc) is 2.55. The smallest absolute Gasteiger partial charge is 0.258 e. The van der Waals surface area contributed by atoms with E-state index >= 15 is 0 Å². The van der Waals surface area contributed by atoms with E-state index in [1.54, 1.807) is 30.3 Å². The molecule has 0 aliphatic carbocycles. The van der Waals surface area contributed by atoms with Crippen molar-refractivity contribution < 1.29 is 13.3 Å². The van der Waals surface area contributed by atoms with Crippen LogP contribution in [0.5, 0.6) is 0 Å². The molecule has 0 aliphatic heterocycles. The van der Waals surface area contributed by atoms with Gasteiger partial charge in [-0.3, -0.25) is 15.1 Å². The SMILES string of the molecule is O=[N+]([O-])c1c(Cl)nc2cccnc2c1CS(=O)(=O)c1ccccc1. The van der Waals surface area contributed by atoms with Gasteiger partial charge in [-0.15, -0.1) is 0 Å². The summed E-state index contributed by atoms with van der Waals surface area (Å²) in [7, 11) is -3.81. The van der Waals surface area contributed by atoms with Crippen LogP contribution in [0.25, 0.3) is 11.0 Å². The fourth-order valence-electron chi connectivity index (χ4n) is 2.34. The van der Waals surface area contributed by atoms with Crippen LogP contribution in [0.4, 0.5) is 5.69 Å². The first-order valence-electron chi connectivity index (χ1n) is 6.75. The van der Waals surface area contributed by atoms with Gasteiger partial charge in [0.15, 0.2) is 9.84 Å². The number of benzene rings is 1. The molecule has 0 spiro atoms. The van der Waals surface area contributed by atoms with E-state index in [2.05, 4.69) is 9.97 Å². The molecule has 0 saturated carbocycles. The van der Waals surface area contributed by atoms with Gasteiger partial charge in [0, 0.05) is 6.20 Å². The molecule has 0 N–H and O–H groups in total. The summed E-state index contributed by atoms with van der Waals surface area (Å²) < 4.78 is 25.2. The van der Waals surface area contributed by atoms with Crippen molar-refractivity contribution in [2.75, 3.05) is 0 Å². The number of hydrogen-bond acceptors (Lipinski definition) is 6. The molecule has 0 amide bonds. The quantitative estimate of drug-likeness (QED) is 0.400. The lowest BCUT2D eigenvalue weighted by atomic mass is 10.2. The van der Waals surface area contributed by atoms with Gasteiger partial charge in [-0.1, -0.05) is 29.8 Å². The zero-order chi connectivity index (χ0) is 17.3. The van der Waals surface area contributed by atoms with Crippen molar-refractivity contribution >= 4 is 38.2 Å². The van der Waals surface area contributed by atoms with Gasteiger partial charge in [0.05, 0.1) is 32.2 Å². The molecule has 3 rings (SSSR count). The monoisotopic (exact) mass is 363 g/mol. The van der Waals surface area contributed by atoms with Crippen molar-refractivity contribution in [2.24, 2.45) is 0 Å². The van der Waals surface area contributed by atoms with E-state index in [4.69, 9.17) is 11.6 Å². The van der Waals surface area contributed by atoms with Crippen molar-refractivity contribution in [3.05, 3.63) is 69.5 Å². The van der Waals surface area contributed by atoms with Crippen LogP contribution in [0.1, 0.15) is 5.56 Å². The van der Waals surface area contributed by atoms with Gasteiger partial charge in [0.25, 0.3) is 0 Å². The lowest BCUT2D eigenvalue weighted by molar-refractivity contribution is -0.385. The number of rotatable bonds is 4. The maximum atomic E-state index is 12.6. The van der Waals surface area contributed by atoms with Crippen molar-refractivity contribution in [1.82, 2.24) is 9.97 Å². The lowest BCUT2D eigenvalue weighted by Gasteiger charge is -2.09. The summed E-state index contributed by atoms with van der Waals surface area (Å²) in [6.45, 7) is 0. The second kappa shape index (κ2) is 6.14. The van der Waals surface area contributed by atoms with Crippen molar-refractivity contribution in [2.45, 2.75) is 10.6 Å². The summed E-state index contributed by atoms with van der Waals surface area (Å²) in [6.07, 6.45) is 1.42. The number of fused-ring (bicyclic) bond motifs is 1. The van der Waals surface area contributed by atoms with E-state index in [0.717, 1.165) is 0 Å². The highest BCUT2D eigenvalue weighted by atomic mass is 35.5. The standard InChI is InChI=1S/C15H10ClN3O4S/c16-15-14(19(20)21)11(13-12(18-15)7-4-8-17-13)9-24(22,23)10-5-2-1-3-6-10/h1-8H,9H2. The molecule has 0 bridgehead atoms. The molecule has 0 fully saturated rings. The Hall–Kier alpha value is -2.58. The molecule has 122 valence electrons. The average molecular weight is 364 g/mol. The summed E-state index contributed by atoms with van der Waals surface area (Å²) >= 11 is 5.90. The Kier molecular flexibility index (Phi) is 4.16. The first-order chi connectivity index (χ1) is 11.4. The van der Waals surface area contributed by atoms with Crippen molar-refractivity contribution in [1.29, 1.82) is 0 Å². The topological polar surface area (TPSA) is 103 Å². The van der Waals surface area contributed by atoms with Crippen LogP contribution >= 0.6 is 11.6 Å². The molecule has 9 heteroatoms. The number of pyridine rings is 2. The molecular weight excluding hydrogens is 354 g/mol. The van der Waals surface area contributed by atoms with Gasteiger partial charge < -0.3 is 0 Å². The highest BCUT2D eigenvalue weighted by molar-refractivity contribution is 7.90. The molecule has 1 aromatic carbocycles. The summed E-state index contributed by atoms with van der Waals surface area (Å²) in [6, 6.07) is 10.9. The number of nitrogens with zero attached hydrogens (tertiary/aromatic N) is 3. The van der Waals surface area contributed by atoms with E-state index in [0.29, 0.717) is 5.52 Å². The fraction of sp³-hybridized carbons (Fsp3) is 0.0667. The molecular formula is C15H10ClN3O4S. The third kappa shape index (κ3) is 2.93. The fourth-order valence-corrected chi connectivity index (χ4v) is 4.00. The Morgan fingerprint density at radius 1 is 1.12 bits per heavy atom. The maximum Gasteiger partial charge on any atom is 0.312 e. The first-order valence-corrected chi connectivity index (χ1v) is 8.78. The minimum atomic E-state index is -3.81. The van der Waals surface area contributed by atoms with Crippen LogP contribution in [0, 0.1) is 10.1 Å². The Balaban J connectivity index is 2.25. The van der Waals surface area contributed by atoms with E-state index in [1.807, 2.05) is 0 Å². The summed E-state index contributed by atoms with van der Waals surface area (Å²) in [5.41, 5.74) is -0.165. The predicted molar refractivity (Wildman–Crippen MR) is 88.5 cm³/mol. The third-order valence-corrected chi connectivity index (χ3v) is 5.31.